The molecule has 0 saturated heterocycles. The molecule has 1 aliphatic carbocycles. The van der Waals surface area contributed by atoms with Crippen LogP contribution in [-0.2, 0) is 6.42 Å². The number of benzene rings is 1. The zero-order valence-corrected chi connectivity index (χ0v) is 15.2. The molecule has 1 atom stereocenters. The molecule has 120 valence electrons. The van der Waals surface area contributed by atoms with E-state index in [-0.39, 0.29) is 5.41 Å². The normalized spacial score (nSPS) is 19.4. The molecule has 0 heterocycles. The molecular formula is C21H30O. The van der Waals surface area contributed by atoms with Crippen molar-refractivity contribution in [3.05, 3.63) is 57.4 Å². The van der Waals surface area contributed by atoms with Gasteiger partial charge < -0.3 is 5.11 Å². The molecule has 2 rings (SSSR count). The molecule has 0 bridgehead atoms. The van der Waals surface area contributed by atoms with Crippen LogP contribution in [0, 0.1) is 32.1 Å². The van der Waals surface area contributed by atoms with Crippen LogP contribution in [0.1, 0.15) is 56.4 Å². The summed E-state index contributed by atoms with van der Waals surface area (Å²) in [6.07, 6.45) is 4.10. The molecule has 1 nitrogen and oxygen atoms in total. The fourth-order valence-electron chi connectivity index (χ4n) is 3.46. The van der Waals surface area contributed by atoms with Gasteiger partial charge in [-0.1, -0.05) is 44.5 Å². The number of hydrogen-bond donors (Lipinski definition) is 1. The summed E-state index contributed by atoms with van der Waals surface area (Å²) >= 11 is 0. The largest absolute Gasteiger partial charge is 0.508 e. The van der Waals surface area contributed by atoms with E-state index >= 15 is 0 Å². The van der Waals surface area contributed by atoms with E-state index in [0.29, 0.717) is 11.7 Å². The summed E-state index contributed by atoms with van der Waals surface area (Å²) in [5.41, 5.74) is 7.75. The Hall–Kier alpha value is -1.50. The molecule has 1 heteroatoms. The standard InChI is InChI=1S/C21H30O/c1-13-8-14(2)19(15(3)9-13)12-17-11-18(21(5,6)7)10-16(4)20(17)22/h8-9,11,18,22H,10,12H2,1-7H3. The van der Waals surface area contributed by atoms with Gasteiger partial charge in [0.15, 0.2) is 0 Å². The highest BCUT2D eigenvalue weighted by Crippen LogP contribution is 2.39. The molecule has 0 aromatic heterocycles. The van der Waals surface area contributed by atoms with Gasteiger partial charge >= 0.3 is 0 Å². The molecule has 22 heavy (non-hydrogen) atoms. The van der Waals surface area contributed by atoms with E-state index in [1.54, 1.807) is 0 Å². The number of aryl methyl sites for hydroxylation is 3. The lowest BCUT2D eigenvalue weighted by atomic mass is 9.73. The molecule has 0 aliphatic heterocycles. The zero-order chi connectivity index (χ0) is 16.7. The quantitative estimate of drug-likeness (QED) is 0.712. The van der Waals surface area contributed by atoms with E-state index in [2.05, 4.69) is 66.7 Å². The third-order valence-corrected chi connectivity index (χ3v) is 4.96. The van der Waals surface area contributed by atoms with Crippen molar-refractivity contribution >= 4 is 0 Å². The smallest absolute Gasteiger partial charge is 0.117 e. The SMILES string of the molecule is CC1=C(O)C(Cc2c(C)cc(C)cc2C)=CC(C(C)(C)C)C1. The van der Waals surface area contributed by atoms with E-state index in [1.165, 1.54) is 22.3 Å². The number of hydrogen-bond acceptors (Lipinski definition) is 1. The molecule has 1 aromatic rings. The van der Waals surface area contributed by atoms with Crippen molar-refractivity contribution in [1.82, 2.24) is 0 Å². The van der Waals surface area contributed by atoms with Gasteiger partial charge in [0.05, 0.1) is 0 Å². The molecule has 0 saturated carbocycles. The topological polar surface area (TPSA) is 20.2 Å². The summed E-state index contributed by atoms with van der Waals surface area (Å²) in [6, 6.07) is 4.47. The number of rotatable bonds is 2. The van der Waals surface area contributed by atoms with Gasteiger partial charge in [0.25, 0.3) is 0 Å². The zero-order valence-electron chi connectivity index (χ0n) is 15.2. The van der Waals surface area contributed by atoms with E-state index in [9.17, 15) is 5.11 Å². The predicted molar refractivity (Wildman–Crippen MR) is 95.3 cm³/mol. The number of aliphatic hydroxyl groups excluding tert-OH is 1. The Labute approximate surface area is 135 Å². The Kier molecular flexibility index (Phi) is 4.56. The highest BCUT2D eigenvalue weighted by Gasteiger charge is 2.28. The van der Waals surface area contributed by atoms with E-state index in [0.717, 1.165) is 24.0 Å². The van der Waals surface area contributed by atoms with Crippen molar-refractivity contribution < 1.29 is 5.11 Å². The molecule has 1 N–H and O–H groups in total. The Balaban J connectivity index is 2.40. The van der Waals surface area contributed by atoms with Crippen molar-refractivity contribution in [2.24, 2.45) is 11.3 Å². The molecule has 1 aliphatic rings. The summed E-state index contributed by atoms with van der Waals surface area (Å²) < 4.78 is 0. The fourth-order valence-corrected chi connectivity index (χ4v) is 3.46. The van der Waals surface area contributed by atoms with Crippen LogP contribution < -0.4 is 0 Å². The van der Waals surface area contributed by atoms with Gasteiger partial charge in [-0.25, -0.2) is 0 Å². The summed E-state index contributed by atoms with van der Waals surface area (Å²) in [6.45, 7) is 15.4. The number of aliphatic hydroxyl groups is 1. The second-order valence-electron chi connectivity index (χ2n) is 8.05. The summed E-state index contributed by atoms with van der Waals surface area (Å²) in [5.74, 6) is 1.00. The van der Waals surface area contributed by atoms with Gasteiger partial charge in [0, 0.05) is 6.42 Å². The lowest BCUT2D eigenvalue weighted by Crippen LogP contribution is -2.23. The Bertz CT molecular complexity index is 615. The average Bonchev–Trinajstić information content (AvgIpc) is 2.36. The van der Waals surface area contributed by atoms with Crippen molar-refractivity contribution in [2.45, 2.75) is 61.3 Å². The molecule has 1 unspecified atom stereocenters. The van der Waals surface area contributed by atoms with Gasteiger partial charge in [0.2, 0.25) is 0 Å². The highest BCUT2D eigenvalue weighted by molar-refractivity contribution is 5.44. The summed E-state index contributed by atoms with van der Waals surface area (Å²) in [7, 11) is 0. The average molecular weight is 298 g/mol. The summed E-state index contributed by atoms with van der Waals surface area (Å²) in [4.78, 5) is 0. The van der Waals surface area contributed by atoms with Gasteiger partial charge in [-0.15, -0.1) is 0 Å². The van der Waals surface area contributed by atoms with Crippen molar-refractivity contribution in [3.8, 4) is 0 Å². The minimum Gasteiger partial charge on any atom is -0.508 e. The first-order valence-electron chi connectivity index (χ1n) is 8.26. The third-order valence-electron chi connectivity index (χ3n) is 4.96. The maximum Gasteiger partial charge on any atom is 0.117 e. The minimum absolute atomic E-state index is 0.227. The van der Waals surface area contributed by atoms with Crippen LogP contribution in [0.25, 0.3) is 0 Å². The molecule has 0 amide bonds. The first-order chi connectivity index (χ1) is 10.1. The van der Waals surface area contributed by atoms with Crippen LogP contribution in [0.3, 0.4) is 0 Å². The maximum atomic E-state index is 10.5. The summed E-state index contributed by atoms with van der Waals surface area (Å²) in [5, 5.41) is 10.5. The van der Waals surface area contributed by atoms with Crippen LogP contribution in [0.15, 0.2) is 35.1 Å². The first-order valence-corrected chi connectivity index (χ1v) is 8.26. The second-order valence-corrected chi connectivity index (χ2v) is 8.05. The van der Waals surface area contributed by atoms with Crippen LogP contribution in [0.2, 0.25) is 0 Å². The van der Waals surface area contributed by atoms with Crippen LogP contribution in [-0.4, -0.2) is 5.11 Å². The van der Waals surface area contributed by atoms with Gasteiger partial charge in [-0.2, -0.15) is 0 Å². The van der Waals surface area contributed by atoms with E-state index < -0.39 is 0 Å². The Morgan fingerprint density at radius 3 is 2.09 bits per heavy atom. The number of allylic oxidation sites excluding steroid dienone is 3. The Morgan fingerprint density at radius 2 is 1.59 bits per heavy atom. The maximum absolute atomic E-state index is 10.5. The van der Waals surface area contributed by atoms with Gasteiger partial charge in [-0.3, -0.25) is 0 Å². The van der Waals surface area contributed by atoms with E-state index in [4.69, 9.17) is 0 Å². The molecule has 0 fully saturated rings. The third kappa shape index (κ3) is 3.45. The van der Waals surface area contributed by atoms with Crippen LogP contribution in [0.4, 0.5) is 0 Å². The molecular weight excluding hydrogens is 268 g/mol. The fraction of sp³-hybridized carbons (Fsp3) is 0.524. The molecule has 0 spiro atoms. The van der Waals surface area contributed by atoms with Crippen molar-refractivity contribution in [2.75, 3.05) is 0 Å². The minimum atomic E-state index is 0.227. The lowest BCUT2D eigenvalue weighted by molar-refractivity contribution is 0.277. The van der Waals surface area contributed by atoms with Gasteiger partial charge in [-0.05, 0) is 73.3 Å². The first kappa shape index (κ1) is 16.9. The van der Waals surface area contributed by atoms with Crippen LogP contribution >= 0.6 is 0 Å². The molecule has 0 radical (unpaired) electrons. The predicted octanol–water partition coefficient (Wildman–Crippen LogP) is 5.98. The van der Waals surface area contributed by atoms with Crippen molar-refractivity contribution in [3.63, 3.8) is 0 Å². The van der Waals surface area contributed by atoms with E-state index in [1.807, 2.05) is 0 Å². The molecule has 1 aromatic carbocycles. The monoisotopic (exact) mass is 298 g/mol. The highest BCUT2D eigenvalue weighted by atomic mass is 16.3. The van der Waals surface area contributed by atoms with Crippen molar-refractivity contribution in [1.29, 1.82) is 0 Å². The second kappa shape index (κ2) is 5.95. The lowest BCUT2D eigenvalue weighted by Gasteiger charge is -2.33. The Morgan fingerprint density at radius 1 is 1.05 bits per heavy atom. The van der Waals surface area contributed by atoms with Gasteiger partial charge in [0.1, 0.15) is 5.76 Å². The van der Waals surface area contributed by atoms with Crippen LogP contribution in [0.5, 0.6) is 0 Å².